The second-order valence-electron chi connectivity index (χ2n) is 7.24. The number of primary amides is 1. The molecule has 7 heteroatoms. The van der Waals surface area contributed by atoms with Gasteiger partial charge in [0.25, 0.3) is 0 Å². The first kappa shape index (κ1) is 18.2. The Kier molecular flexibility index (Phi) is 4.83. The van der Waals surface area contributed by atoms with Gasteiger partial charge in [0.1, 0.15) is 6.54 Å². The van der Waals surface area contributed by atoms with E-state index in [1.54, 1.807) is 0 Å². The Morgan fingerprint density at radius 3 is 2.68 bits per heavy atom. The van der Waals surface area contributed by atoms with Gasteiger partial charge in [-0.25, -0.2) is 0 Å². The summed E-state index contributed by atoms with van der Waals surface area (Å²) < 4.78 is 0. The van der Waals surface area contributed by atoms with E-state index in [2.05, 4.69) is 5.32 Å². The number of nitrogens with one attached hydrogen (secondary N) is 1. The second kappa shape index (κ2) is 7.44. The molecule has 3 amide bonds. The Balaban J connectivity index is 1.43. The van der Waals surface area contributed by atoms with Crippen molar-refractivity contribution in [3.05, 3.63) is 59.2 Å². The molecule has 0 spiro atoms. The molecule has 2 heterocycles. The molecule has 3 N–H and O–H groups in total. The summed E-state index contributed by atoms with van der Waals surface area (Å²) in [5.74, 6) is -0.651. The van der Waals surface area contributed by atoms with Crippen LogP contribution >= 0.6 is 0 Å². The molecule has 0 atom stereocenters. The molecule has 0 aliphatic carbocycles. The number of hydrogen-bond donors (Lipinski definition) is 2. The van der Waals surface area contributed by atoms with Gasteiger partial charge in [-0.15, -0.1) is 0 Å². The van der Waals surface area contributed by atoms with E-state index in [0.29, 0.717) is 18.7 Å². The van der Waals surface area contributed by atoms with Crippen molar-refractivity contribution in [2.75, 3.05) is 29.9 Å². The molecular weight excluding hydrogens is 356 g/mol. The van der Waals surface area contributed by atoms with E-state index >= 15 is 0 Å². The van der Waals surface area contributed by atoms with Gasteiger partial charge >= 0.3 is 0 Å². The molecule has 2 aromatic rings. The van der Waals surface area contributed by atoms with Crippen LogP contribution in [0.2, 0.25) is 0 Å². The summed E-state index contributed by atoms with van der Waals surface area (Å²) in [6.07, 6.45) is 1.17. The van der Waals surface area contributed by atoms with Crippen LogP contribution in [0.25, 0.3) is 0 Å². The Labute approximate surface area is 163 Å². The van der Waals surface area contributed by atoms with Crippen LogP contribution < -0.4 is 16.0 Å². The van der Waals surface area contributed by atoms with Crippen molar-refractivity contribution in [3.63, 3.8) is 0 Å². The lowest BCUT2D eigenvalue weighted by Crippen LogP contribution is -2.37. The third-order valence-electron chi connectivity index (χ3n) is 5.19. The molecule has 144 valence electrons. The fraction of sp³-hybridized carbons (Fsp3) is 0.286. The predicted octanol–water partition coefficient (Wildman–Crippen LogP) is 1.06. The number of rotatable bonds is 5. The van der Waals surface area contributed by atoms with Crippen molar-refractivity contribution in [1.82, 2.24) is 4.90 Å². The van der Waals surface area contributed by atoms with Crippen LogP contribution in [0.4, 0.5) is 11.4 Å². The monoisotopic (exact) mass is 378 g/mol. The number of fused-ring (bicyclic) bond motifs is 2. The molecule has 0 saturated heterocycles. The molecule has 2 aliphatic rings. The molecule has 0 aromatic heterocycles. The third kappa shape index (κ3) is 3.75. The highest BCUT2D eigenvalue weighted by molar-refractivity contribution is 6.07. The number of hydrogen-bond acceptors (Lipinski definition) is 4. The molecule has 0 bridgehead atoms. The molecule has 0 saturated carbocycles. The Bertz CT molecular complexity index is 956. The average molecular weight is 378 g/mol. The van der Waals surface area contributed by atoms with Crippen LogP contribution in [0.1, 0.15) is 16.7 Å². The molecule has 2 aliphatic heterocycles. The number of para-hydroxylation sites is 1. The Hall–Kier alpha value is -3.19. The van der Waals surface area contributed by atoms with Crippen molar-refractivity contribution in [1.29, 1.82) is 0 Å². The number of benzene rings is 2. The first-order chi connectivity index (χ1) is 13.5. The van der Waals surface area contributed by atoms with Crippen LogP contribution in [0.3, 0.4) is 0 Å². The van der Waals surface area contributed by atoms with Gasteiger partial charge in [-0.2, -0.15) is 0 Å². The SMILES string of the molecule is NC(=O)CN1CCc2ccc(NC(=O)CN3C(=O)Cc4ccccc43)cc2C1. The molecule has 4 rings (SSSR count). The lowest BCUT2D eigenvalue weighted by atomic mass is 9.99. The summed E-state index contributed by atoms with van der Waals surface area (Å²) >= 11 is 0. The van der Waals surface area contributed by atoms with Gasteiger partial charge in [0.2, 0.25) is 17.7 Å². The topological polar surface area (TPSA) is 95.7 Å². The minimum atomic E-state index is -0.344. The lowest BCUT2D eigenvalue weighted by Gasteiger charge is -2.28. The van der Waals surface area contributed by atoms with E-state index in [9.17, 15) is 14.4 Å². The Morgan fingerprint density at radius 2 is 1.86 bits per heavy atom. The summed E-state index contributed by atoms with van der Waals surface area (Å²) in [7, 11) is 0. The fourth-order valence-corrected chi connectivity index (χ4v) is 3.88. The standard InChI is InChI=1S/C21H22N4O3/c22-19(26)12-24-8-7-14-5-6-17(9-16(14)11-24)23-20(27)13-25-18-4-2-1-3-15(18)10-21(25)28/h1-6,9H,7-8,10-13H2,(H2,22,26)(H,23,27). The fourth-order valence-electron chi connectivity index (χ4n) is 3.88. The number of carbonyl (C=O) groups excluding carboxylic acids is 3. The average Bonchev–Trinajstić information content (AvgIpc) is 2.96. The van der Waals surface area contributed by atoms with Crippen LogP contribution in [0.15, 0.2) is 42.5 Å². The Morgan fingerprint density at radius 1 is 1.04 bits per heavy atom. The highest BCUT2D eigenvalue weighted by atomic mass is 16.2. The van der Waals surface area contributed by atoms with Crippen LogP contribution in [-0.4, -0.2) is 42.3 Å². The van der Waals surface area contributed by atoms with E-state index in [4.69, 9.17) is 5.73 Å². The predicted molar refractivity (Wildman–Crippen MR) is 106 cm³/mol. The summed E-state index contributed by atoms with van der Waals surface area (Å²) in [5, 5.41) is 2.88. The van der Waals surface area contributed by atoms with E-state index in [1.165, 1.54) is 10.5 Å². The van der Waals surface area contributed by atoms with Crippen LogP contribution in [0.5, 0.6) is 0 Å². The highest BCUT2D eigenvalue weighted by Gasteiger charge is 2.28. The zero-order chi connectivity index (χ0) is 19.7. The maximum absolute atomic E-state index is 12.5. The largest absolute Gasteiger partial charge is 0.369 e. The molecule has 28 heavy (non-hydrogen) atoms. The van der Waals surface area contributed by atoms with Gasteiger partial charge in [0.05, 0.1) is 13.0 Å². The van der Waals surface area contributed by atoms with Gasteiger partial charge in [-0.05, 0) is 41.3 Å². The molecule has 0 fully saturated rings. The van der Waals surface area contributed by atoms with Crippen molar-refractivity contribution in [3.8, 4) is 0 Å². The van der Waals surface area contributed by atoms with Crippen LogP contribution in [0, 0.1) is 0 Å². The van der Waals surface area contributed by atoms with Crippen LogP contribution in [-0.2, 0) is 33.8 Å². The normalized spacial score (nSPS) is 15.9. The smallest absolute Gasteiger partial charge is 0.244 e. The van der Waals surface area contributed by atoms with Gasteiger partial charge in [0, 0.05) is 24.5 Å². The van der Waals surface area contributed by atoms with Gasteiger partial charge in [0.15, 0.2) is 0 Å². The number of anilines is 2. The zero-order valence-electron chi connectivity index (χ0n) is 15.5. The third-order valence-corrected chi connectivity index (χ3v) is 5.19. The molecule has 0 radical (unpaired) electrons. The minimum Gasteiger partial charge on any atom is -0.369 e. The zero-order valence-corrected chi connectivity index (χ0v) is 15.5. The van der Waals surface area contributed by atoms with Gasteiger partial charge in [-0.1, -0.05) is 24.3 Å². The van der Waals surface area contributed by atoms with Crippen molar-refractivity contribution < 1.29 is 14.4 Å². The maximum Gasteiger partial charge on any atom is 0.244 e. The van der Waals surface area contributed by atoms with E-state index in [-0.39, 0.29) is 30.8 Å². The van der Waals surface area contributed by atoms with E-state index in [0.717, 1.165) is 29.8 Å². The number of nitrogens with two attached hydrogens (primary N) is 1. The maximum atomic E-state index is 12.5. The summed E-state index contributed by atoms with van der Waals surface area (Å²) in [6.45, 7) is 1.63. The van der Waals surface area contributed by atoms with Crippen molar-refractivity contribution in [2.45, 2.75) is 19.4 Å². The molecule has 0 unspecified atom stereocenters. The van der Waals surface area contributed by atoms with Crippen molar-refractivity contribution >= 4 is 29.1 Å². The van der Waals surface area contributed by atoms with Gasteiger partial charge in [-0.3, -0.25) is 19.3 Å². The quantitative estimate of drug-likeness (QED) is 0.813. The molecule has 7 nitrogen and oxygen atoms in total. The second-order valence-corrected chi connectivity index (χ2v) is 7.24. The number of nitrogens with zero attached hydrogens (tertiary/aromatic N) is 2. The first-order valence-corrected chi connectivity index (χ1v) is 9.30. The summed E-state index contributed by atoms with van der Waals surface area (Å²) in [5.41, 5.74) is 10.0. The number of carbonyl (C=O) groups is 3. The minimum absolute atomic E-state index is 0.0132. The molecular formula is C21H22N4O3. The summed E-state index contributed by atoms with van der Waals surface area (Å²) in [4.78, 5) is 39.4. The van der Waals surface area contributed by atoms with E-state index in [1.807, 2.05) is 47.4 Å². The first-order valence-electron chi connectivity index (χ1n) is 9.30. The summed E-state index contributed by atoms with van der Waals surface area (Å²) in [6, 6.07) is 13.3. The van der Waals surface area contributed by atoms with Gasteiger partial charge < -0.3 is 16.0 Å². The molecule has 2 aromatic carbocycles. The lowest BCUT2D eigenvalue weighted by molar-refractivity contribution is -0.120. The van der Waals surface area contributed by atoms with Crippen molar-refractivity contribution in [2.24, 2.45) is 5.73 Å². The number of amides is 3. The van der Waals surface area contributed by atoms with E-state index < -0.39 is 0 Å². The highest BCUT2D eigenvalue weighted by Crippen LogP contribution is 2.28.